The van der Waals surface area contributed by atoms with Crippen LogP contribution in [0.25, 0.3) is 0 Å². The Hall–Kier alpha value is -2.09. The standard InChI is InChI=1S/C16H14O2/c17-11-12-5-7-13(8-6-12)14-9-10-18-16-4-2-1-3-15(14)16/h1-8,11,14H,9-10H2. The van der Waals surface area contributed by atoms with Gasteiger partial charge < -0.3 is 4.74 Å². The van der Waals surface area contributed by atoms with E-state index in [1.54, 1.807) is 0 Å². The van der Waals surface area contributed by atoms with Crippen LogP contribution in [0.2, 0.25) is 0 Å². The molecule has 2 nitrogen and oxygen atoms in total. The first-order valence-electron chi connectivity index (χ1n) is 6.15. The van der Waals surface area contributed by atoms with Crippen molar-refractivity contribution in [2.24, 2.45) is 0 Å². The van der Waals surface area contributed by atoms with Crippen LogP contribution < -0.4 is 4.74 Å². The van der Waals surface area contributed by atoms with Gasteiger partial charge in [0.2, 0.25) is 0 Å². The highest BCUT2D eigenvalue weighted by atomic mass is 16.5. The van der Waals surface area contributed by atoms with Gasteiger partial charge in [-0.15, -0.1) is 0 Å². The number of carbonyl (C=O) groups excluding carboxylic acids is 1. The smallest absolute Gasteiger partial charge is 0.150 e. The molecule has 3 rings (SSSR count). The van der Waals surface area contributed by atoms with Gasteiger partial charge in [-0.05, 0) is 18.1 Å². The van der Waals surface area contributed by atoms with E-state index in [9.17, 15) is 4.79 Å². The molecule has 0 spiro atoms. The largest absolute Gasteiger partial charge is 0.493 e. The van der Waals surface area contributed by atoms with Crippen molar-refractivity contribution < 1.29 is 9.53 Å². The van der Waals surface area contributed by atoms with Crippen LogP contribution in [0.4, 0.5) is 0 Å². The zero-order valence-electron chi connectivity index (χ0n) is 10.0. The molecule has 1 aliphatic heterocycles. The number of rotatable bonds is 2. The molecule has 2 aromatic carbocycles. The molecule has 1 unspecified atom stereocenters. The van der Waals surface area contributed by atoms with Gasteiger partial charge in [-0.2, -0.15) is 0 Å². The van der Waals surface area contributed by atoms with E-state index in [0.29, 0.717) is 5.92 Å². The number of aldehydes is 1. The molecule has 0 aliphatic carbocycles. The molecule has 0 saturated carbocycles. The highest BCUT2D eigenvalue weighted by Gasteiger charge is 2.22. The van der Waals surface area contributed by atoms with Gasteiger partial charge in [0, 0.05) is 17.0 Å². The van der Waals surface area contributed by atoms with Gasteiger partial charge in [0.05, 0.1) is 6.61 Å². The van der Waals surface area contributed by atoms with Gasteiger partial charge in [-0.25, -0.2) is 0 Å². The van der Waals surface area contributed by atoms with Crippen molar-refractivity contribution in [3.63, 3.8) is 0 Å². The third-order valence-electron chi connectivity index (χ3n) is 3.43. The maximum atomic E-state index is 10.7. The first-order valence-corrected chi connectivity index (χ1v) is 6.15. The summed E-state index contributed by atoms with van der Waals surface area (Å²) in [5.74, 6) is 1.35. The zero-order chi connectivity index (χ0) is 12.4. The van der Waals surface area contributed by atoms with Gasteiger partial charge in [-0.3, -0.25) is 4.79 Å². The van der Waals surface area contributed by atoms with Crippen molar-refractivity contribution in [2.45, 2.75) is 12.3 Å². The van der Waals surface area contributed by atoms with Crippen molar-refractivity contribution >= 4 is 6.29 Å². The van der Waals surface area contributed by atoms with Crippen LogP contribution in [0.5, 0.6) is 5.75 Å². The highest BCUT2D eigenvalue weighted by Crippen LogP contribution is 2.37. The minimum atomic E-state index is 0.371. The van der Waals surface area contributed by atoms with E-state index >= 15 is 0 Å². The summed E-state index contributed by atoms with van der Waals surface area (Å²) in [4.78, 5) is 10.7. The SMILES string of the molecule is O=Cc1ccc(C2CCOc3ccccc32)cc1. The number of benzene rings is 2. The molecule has 2 heteroatoms. The van der Waals surface area contributed by atoms with Crippen LogP contribution in [0.3, 0.4) is 0 Å². The van der Waals surface area contributed by atoms with Crippen molar-refractivity contribution in [1.82, 2.24) is 0 Å². The average molecular weight is 238 g/mol. The lowest BCUT2D eigenvalue weighted by Gasteiger charge is -2.26. The Morgan fingerprint density at radius 2 is 1.83 bits per heavy atom. The fourth-order valence-electron chi connectivity index (χ4n) is 2.50. The van der Waals surface area contributed by atoms with Gasteiger partial charge >= 0.3 is 0 Å². The second-order valence-electron chi connectivity index (χ2n) is 4.51. The summed E-state index contributed by atoms with van der Waals surface area (Å²) in [7, 11) is 0. The van der Waals surface area contributed by atoms with Gasteiger partial charge in [0.1, 0.15) is 12.0 Å². The van der Waals surface area contributed by atoms with Crippen LogP contribution in [-0.4, -0.2) is 12.9 Å². The summed E-state index contributed by atoms with van der Waals surface area (Å²) < 4.78 is 5.66. The number of ether oxygens (including phenoxy) is 1. The third kappa shape index (κ3) is 1.90. The number of fused-ring (bicyclic) bond motifs is 1. The number of para-hydroxylation sites is 1. The number of hydrogen-bond acceptors (Lipinski definition) is 2. The molecule has 1 heterocycles. The second kappa shape index (κ2) is 4.65. The van der Waals surface area contributed by atoms with E-state index in [0.717, 1.165) is 30.6 Å². The molecule has 2 aromatic rings. The monoisotopic (exact) mass is 238 g/mol. The Morgan fingerprint density at radius 3 is 2.61 bits per heavy atom. The zero-order valence-corrected chi connectivity index (χ0v) is 10.0. The van der Waals surface area contributed by atoms with E-state index < -0.39 is 0 Å². The Balaban J connectivity index is 1.99. The summed E-state index contributed by atoms with van der Waals surface area (Å²) in [6.07, 6.45) is 1.86. The third-order valence-corrected chi connectivity index (χ3v) is 3.43. The molecule has 1 atom stereocenters. The molecular formula is C16H14O2. The predicted octanol–water partition coefficient (Wildman–Crippen LogP) is 3.41. The van der Waals surface area contributed by atoms with Crippen molar-refractivity contribution in [3.05, 3.63) is 65.2 Å². The van der Waals surface area contributed by atoms with Crippen molar-refractivity contribution in [2.75, 3.05) is 6.61 Å². The Bertz CT molecular complexity index is 558. The van der Waals surface area contributed by atoms with Gasteiger partial charge in [0.15, 0.2) is 0 Å². The van der Waals surface area contributed by atoms with Crippen LogP contribution in [-0.2, 0) is 0 Å². The Morgan fingerprint density at radius 1 is 1.06 bits per heavy atom. The Labute approximate surface area is 106 Å². The van der Waals surface area contributed by atoms with Gasteiger partial charge in [0.25, 0.3) is 0 Å². The molecule has 1 aliphatic rings. The molecule has 0 radical (unpaired) electrons. The predicted molar refractivity (Wildman–Crippen MR) is 70.2 cm³/mol. The van der Waals surface area contributed by atoms with E-state index in [1.165, 1.54) is 11.1 Å². The summed E-state index contributed by atoms with van der Waals surface area (Å²) >= 11 is 0. The second-order valence-corrected chi connectivity index (χ2v) is 4.51. The quantitative estimate of drug-likeness (QED) is 0.749. The maximum Gasteiger partial charge on any atom is 0.150 e. The number of hydrogen-bond donors (Lipinski definition) is 0. The summed E-state index contributed by atoms with van der Waals surface area (Å²) in [5, 5.41) is 0. The normalized spacial score (nSPS) is 17.7. The highest BCUT2D eigenvalue weighted by molar-refractivity contribution is 5.74. The van der Waals surface area contributed by atoms with Crippen LogP contribution in [0.1, 0.15) is 33.8 Å². The van der Waals surface area contributed by atoms with E-state index in [-0.39, 0.29) is 0 Å². The fourth-order valence-corrected chi connectivity index (χ4v) is 2.50. The topological polar surface area (TPSA) is 26.3 Å². The summed E-state index contributed by atoms with van der Waals surface area (Å²) in [6, 6.07) is 16.0. The molecule has 0 fully saturated rings. The molecule has 0 aromatic heterocycles. The molecule has 18 heavy (non-hydrogen) atoms. The molecular weight excluding hydrogens is 224 g/mol. The molecule has 0 amide bonds. The lowest BCUT2D eigenvalue weighted by atomic mass is 9.86. The van der Waals surface area contributed by atoms with Gasteiger partial charge in [-0.1, -0.05) is 42.5 Å². The van der Waals surface area contributed by atoms with E-state index in [4.69, 9.17) is 4.74 Å². The van der Waals surface area contributed by atoms with Crippen molar-refractivity contribution in [1.29, 1.82) is 0 Å². The summed E-state index contributed by atoms with van der Waals surface area (Å²) in [5.41, 5.74) is 3.21. The molecule has 90 valence electrons. The first-order chi connectivity index (χ1) is 8.88. The molecule has 0 saturated heterocycles. The lowest BCUT2D eigenvalue weighted by Crippen LogP contribution is -2.15. The van der Waals surface area contributed by atoms with Crippen LogP contribution >= 0.6 is 0 Å². The molecule has 0 bridgehead atoms. The van der Waals surface area contributed by atoms with Crippen LogP contribution in [0.15, 0.2) is 48.5 Å². The van der Waals surface area contributed by atoms with Crippen molar-refractivity contribution in [3.8, 4) is 5.75 Å². The van der Waals surface area contributed by atoms with Crippen LogP contribution in [0, 0.1) is 0 Å². The lowest BCUT2D eigenvalue weighted by molar-refractivity contribution is 0.112. The minimum absolute atomic E-state index is 0.371. The fraction of sp³-hybridized carbons (Fsp3) is 0.188. The number of carbonyl (C=O) groups is 1. The Kier molecular flexibility index (Phi) is 2.85. The molecule has 0 N–H and O–H groups in total. The minimum Gasteiger partial charge on any atom is -0.493 e. The summed E-state index contributed by atoms with van der Waals surface area (Å²) in [6.45, 7) is 0.747. The maximum absolute atomic E-state index is 10.7. The van der Waals surface area contributed by atoms with E-state index in [1.807, 2.05) is 42.5 Å². The first kappa shape index (κ1) is 11.0. The average Bonchev–Trinajstić information content (AvgIpc) is 2.47. The van der Waals surface area contributed by atoms with E-state index in [2.05, 4.69) is 6.07 Å².